The summed E-state index contributed by atoms with van der Waals surface area (Å²) in [6, 6.07) is 20.1. The van der Waals surface area contributed by atoms with Gasteiger partial charge >= 0.3 is 0 Å². The van der Waals surface area contributed by atoms with Gasteiger partial charge in [-0.15, -0.1) is 0 Å². The highest BCUT2D eigenvalue weighted by atomic mass is 16.5. The van der Waals surface area contributed by atoms with Crippen LogP contribution in [0.15, 0.2) is 95.5 Å². The second kappa shape index (κ2) is 15.1. The van der Waals surface area contributed by atoms with Crippen molar-refractivity contribution in [3.05, 3.63) is 107 Å². The number of rotatable bonds is 12. The average Bonchev–Trinajstić information content (AvgIpc) is 2.96. The molecule has 0 N–H and O–H groups in total. The van der Waals surface area contributed by atoms with Crippen molar-refractivity contribution in [2.24, 2.45) is 5.92 Å². The number of hydrogen-bond donors (Lipinski definition) is 0. The third-order valence-electron chi connectivity index (χ3n) is 6.54. The maximum absolute atomic E-state index is 9.42. The van der Waals surface area contributed by atoms with Gasteiger partial charge in [-0.3, -0.25) is 0 Å². The lowest BCUT2D eigenvalue weighted by Gasteiger charge is -2.15. The number of nitrogens with zero attached hydrogens (tertiary/aromatic N) is 3. The van der Waals surface area contributed by atoms with Crippen molar-refractivity contribution in [3.63, 3.8) is 0 Å². The SMILES string of the molecule is CCCCC(CC)COc1ccc(/C=C/C2=CC(=C(C#N)C#N)C=C(/C=C/c3ccc(N(C)C)cc3)O2)cc1. The molecule has 0 spiro atoms. The van der Waals surface area contributed by atoms with Gasteiger partial charge in [0.15, 0.2) is 0 Å². The monoisotopic (exact) mass is 519 g/mol. The van der Waals surface area contributed by atoms with Crippen LogP contribution in [0.1, 0.15) is 50.7 Å². The van der Waals surface area contributed by atoms with Crippen molar-refractivity contribution in [1.82, 2.24) is 0 Å². The zero-order valence-corrected chi connectivity index (χ0v) is 23.4. The fraction of sp³-hybridized carbons (Fsp3) is 0.294. The Balaban J connectivity index is 1.71. The lowest BCUT2D eigenvalue weighted by atomic mass is 10.0. The molecule has 0 radical (unpaired) electrons. The summed E-state index contributed by atoms with van der Waals surface area (Å²) in [6.45, 7) is 5.18. The smallest absolute Gasteiger partial charge is 0.137 e. The van der Waals surface area contributed by atoms with Crippen LogP contribution >= 0.6 is 0 Å². The van der Waals surface area contributed by atoms with Crippen LogP contribution in [-0.2, 0) is 4.74 Å². The van der Waals surface area contributed by atoms with Crippen molar-refractivity contribution in [2.45, 2.75) is 39.5 Å². The Labute approximate surface area is 233 Å². The third-order valence-corrected chi connectivity index (χ3v) is 6.54. The molecule has 1 unspecified atom stereocenters. The highest BCUT2D eigenvalue weighted by Crippen LogP contribution is 2.25. The van der Waals surface area contributed by atoms with Crippen molar-refractivity contribution in [3.8, 4) is 17.9 Å². The van der Waals surface area contributed by atoms with E-state index in [0.717, 1.165) is 35.6 Å². The van der Waals surface area contributed by atoms with E-state index in [4.69, 9.17) is 9.47 Å². The molecule has 1 aliphatic heterocycles. The van der Waals surface area contributed by atoms with E-state index in [9.17, 15) is 10.5 Å². The minimum absolute atomic E-state index is 0.0382. The van der Waals surface area contributed by atoms with Crippen LogP contribution in [0.4, 0.5) is 5.69 Å². The predicted octanol–water partition coefficient (Wildman–Crippen LogP) is 8.22. The second-order valence-electron chi connectivity index (χ2n) is 9.70. The summed E-state index contributed by atoms with van der Waals surface area (Å²) in [5.74, 6) is 2.54. The molecule has 3 rings (SSSR count). The molecule has 0 aliphatic carbocycles. The van der Waals surface area contributed by atoms with Crippen molar-refractivity contribution in [2.75, 3.05) is 25.6 Å². The van der Waals surface area contributed by atoms with E-state index in [0.29, 0.717) is 23.0 Å². The van der Waals surface area contributed by atoms with Crippen LogP contribution < -0.4 is 9.64 Å². The topological polar surface area (TPSA) is 69.3 Å². The molecule has 0 amide bonds. The van der Waals surface area contributed by atoms with Gasteiger partial charge in [-0.2, -0.15) is 10.5 Å². The summed E-state index contributed by atoms with van der Waals surface area (Å²) < 4.78 is 12.1. The molecule has 0 bridgehead atoms. The van der Waals surface area contributed by atoms with Gasteiger partial charge in [0, 0.05) is 25.4 Å². The quantitative estimate of drug-likeness (QED) is 0.264. The van der Waals surface area contributed by atoms with Gasteiger partial charge in [-0.05, 0) is 72.0 Å². The molecule has 5 heteroatoms. The van der Waals surface area contributed by atoms with Crippen LogP contribution in [0.5, 0.6) is 5.75 Å². The van der Waals surface area contributed by atoms with E-state index in [1.165, 1.54) is 19.3 Å². The van der Waals surface area contributed by atoms with E-state index in [1.54, 1.807) is 12.2 Å². The zero-order valence-electron chi connectivity index (χ0n) is 23.4. The van der Waals surface area contributed by atoms with Gasteiger partial charge in [0.1, 0.15) is 35.0 Å². The molecule has 0 saturated heterocycles. The molecule has 0 aromatic heterocycles. The van der Waals surface area contributed by atoms with Crippen molar-refractivity contribution in [1.29, 1.82) is 10.5 Å². The third kappa shape index (κ3) is 9.09. The van der Waals surface area contributed by atoms with Crippen molar-refractivity contribution >= 4 is 17.8 Å². The first-order valence-corrected chi connectivity index (χ1v) is 13.5. The Morgan fingerprint density at radius 2 is 1.44 bits per heavy atom. The van der Waals surface area contributed by atoms with E-state index >= 15 is 0 Å². The molecule has 0 saturated carbocycles. The Kier molecular flexibility index (Phi) is 11.2. The van der Waals surface area contributed by atoms with Gasteiger partial charge in [-0.25, -0.2) is 0 Å². The van der Waals surface area contributed by atoms with Crippen LogP contribution in [-0.4, -0.2) is 20.7 Å². The maximum atomic E-state index is 9.42. The van der Waals surface area contributed by atoms with Crippen molar-refractivity contribution < 1.29 is 9.47 Å². The molecular formula is C34H37N3O2. The second-order valence-corrected chi connectivity index (χ2v) is 9.70. The van der Waals surface area contributed by atoms with E-state index in [2.05, 4.69) is 13.8 Å². The molecule has 5 nitrogen and oxygen atoms in total. The molecular weight excluding hydrogens is 482 g/mol. The summed E-state index contributed by atoms with van der Waals surface area (Å²) in [5, 5.41) is 18.8. The highest BCUT2D eigenvalue weighted by Gasteiger charge is 2.12. The number of unbranched alkanes of at least 4 members (excludes halogenated alkanes) is 1. The van der Waals surface area contributed by atoms with Gasteiger partial charge in [0.25, 0.3) is 0 Å². The number of benzene rings is 2. The van der Waals surface area contributed by atoms with E-state index < -0.39 is 0 Å². The summed E-state index contributed by atoms with van der Waals surface area (Å²) >= 11 is 0. The maximum Gasteiger partial charge on any atom is 0.137 e. The zero-order chi connectivity index (χ0) is 28.0. The number of hydrogen-bond acceptors (Lipinski definition) is 5. The number of anilines is 1. The van der Waals surface area contributed by atoms with Gasteiger partial charge in [-0.1, -0.05) is 69.5 Å². The van der Waals surface area contributed by atoms with Crippen LogP contribution in [0, 0.1) is 28.6 Å². The number of ether oxygens (including phenoxy) is 2. The lowest BCUT2D eigenvalue weighted by Crippen LogP contribution is -2.11. The molecule has 2 aromatic rings. The first-order chi connectivity index (χ1) is 18.9. The first-order valence-electron chi connectivity index (χ1n) is 13.5. The summed E-state index contributed by atoms with van der Waals surface area (Å²) in [4.78, 5) is 2.04. The Morgan fingerprint density at radius 1 is 0.872 bits per heavy atom. The van der Waals surface area contributed by atoms with E-state index in [-0.39, 0.29) is 5.57 Å². The summed E-state index contributed by atoms with van der Waals surface area (Å²) in [5.41, 5.74) is 3.68. The molecule has 1 heterocycles. The minimum Gasteiger partial charge on any atom is -0.493 e. The van der Waals surface area contributed by atoms with Gasteiger partial charge in [0.2, 0.25) is 0 Å². The normalized spacial score (nSPS) is 13.7. The lowest BCUT2D eigenvalue weighted by molar-refractivity contribution is 0.233. The van der Waals surface area contributed by atoms with Gasteiger partial charge < -0.3 is 14.4 Å². The Bertz CT molecular complexity index is 1310. The summed E-state index contributed by atoms with van der Waals surface area (Å²) in [6.07, 6.45) is 15.8. The van der Waals surface area contributed by atoms with Crippen LogP contribution in [0.25, 0.3) is 12.2 Å². The average molecular weight is 520 g/mol. The fourth-order valence-electron chi connectivity index (χ4n) is 4.03. The van der Waals surface area contributed by atoms with E-state index in [1.807, 2.05) is 104 Å². The fourth-order valence-corrected chi connectivity index (χ4v) is 4.03. The van der Waals surface area contributed by atoms with Crippen LogP contribution in [0.3, 0.4) is 0 Å². The van der Waals surface area contributed by atoms with Gasteiger partial charge in [0.05, 0.1) is 6.61 Å². The molecule has 0 fully saturated rings. The first kappa shape index (κ1) is 29.1. The largest absolute Gasteiger partial charge is 0.493 e. The highest BCUT2D eigenvalue weighted by molar-refractivity contribution is 5.61. The minimum atomic E-state index is 0.0382. The number of allylic oxidation sites excluding steroid dienone is 6. The molecule has 39 heavy (non-hydrogen) atoms. The predicted molar refractivity (Wildman–Crippen MR) is 160 cm³/mol. The summed E-state index contributed by atoms with van der Waals surface area (Å²) in [7, 11) is 4.00. The molecule has 1 aliphatic rings. The molecule has 2 aromatic carbocycles. The molecule has 200 valence electrons. The standard InChI is InChI=1S/C34H37N3O2/c1-5-7-8-26(6-2)25-38-32-17-11-28(12-18-32)14-20-34-22-29(30(23-35)24-36)21-33(39-34)19-13-27-9-15-31(16-10-27)37(3)4/h9-22,26H,5-8,25H2,1-4H3/b19-13+,20-14+. The van der Waals surface area contributed by atoms with Crippen LogP contribution in [0.2, 0.25) is 0 Å². The number of nitriles is 2. The Morgan fingerprint density at radius 3 is 1.92 bits per heavy atom. The Hall–Kier alpha value is -4.48. The molecule has 1 atom stereocenters.